The Morgan fingerprint density at radius 2 is 2.38 bits per heavy atom. The van der Waals surface area contributed by atoms with Crippen LogP contribution in [0.25, 0.3) is 0 Å². The van der Waals surface area contributed by atoms with Gasteiger partial charge in [-0.2, -0.15) is 5.10 Å². The number of hydrogen-bond donors (Lipinski definition) is 2. The molecule has 0 radical (unpaired) electrons. The molecule has 0 aromatic carbocycles. The lowest BCUT2D eigenvalue weighted by Crippen LogP contribution is -2.50. The number of nitrogens with one attached hydrogen (secondary N) is 2. The molecule has 0 amide bonds. The zero-order chi connectivity index (χ0) is 11.6. The van der Waals surface area contributed by atoms with Crippen molar-refractivity contribution in [1.29, 1.82) is 0 Å². The maximum atomic E-state index is 4.33. The monoisotopic (exact) mass is 222 g/mol. The van der Waals surface area contributed by atoms with Crippen LogP contribution in [0.15, 0.2) is 6.07 Å². The third-order valence-corrected chi connectivity index (χ3v) is 3.37. The van der Waals surface area contributed by atoms with Gasteiger partial charge in [0.2, 0.25) is 0 Å². The highest BCUT2D eigenvalue weighted by molar-refractivity contribution is 5.37. The Morgan fingerprint density at radius 1 is 1.56 bits per heavy atom. The molecule has 1 aliphatic rings. The predicted molar refractivity (Wildman–Crippen MR) is 66.7 cm³/mol. The lowest BCUT2D eigenvalue weighted by Gasteiger charge is -2.35. The quantitative estimate of drug-likeness (QED) is 0.817. The molecule has 4 heteroatoms. The molecule has 2 heterocycles. The Labute approximate surface area is 97.4 Å². The molecular formula is C12H22N4. The second-order valence-electron chi connectivity index (χ2n) is 5.09. The second kappa shape index (κ2) is 4.45. The maximum Gasteiger partial charge on any atom is 0.124 e. The number of hydrogen-bond acceptors (Lipinski definition) is 3. The van der Waals surface area contributed by atoms with Crippen LogP contribution in [0, 0.1) is 6.92 Å². The highest BCUT2D eigenvalue weighted by Crippen LogP contribution is 2.19. The molecule has 1 aliphatic heterocycles. The summed E-state index contributed by atoms with van der Waals surface area (Å²) < 4.78 is 1.90. The number of nitrogens with zero attached hydrogens (tertiary/aromatic N) is 2. The van der Waals surface area contributed by atoms with E-state index in [1.54, 1.807) is 0 Å². The van der Waals surface area contributed by atoms with Crippen molar-refractivity contribution in [3.63, 3.8) is 0 Å². The van der Waals surface area contributed by atoms with Crippen molar-refractivity contribution >= 4 is 5.82 Å². The molecule has 1 unspecified atom stereocenters. The molecule has 16 heavy (non-hydrogen) atoms. The van der Waals surface area contributed by atoms with Gasteiger partial charge in [-0.25, -0.2) is 0 Å². The minimum Gasteiger partial charge on any atom is -0.368 e. The highest BCUT2D eigenvalue weighted by atomic mass is 15.3. The molecule has 1 saturated heterocycles. The van der Waals surface area contributed by atoms with E-state index in [2.05, 4.69) is 28.7 Å². The van der Waals surface area contributed by atoms with Crippen LogP contribution >= 0.6 is 0 Å². The van der Waals surface area contributed by atoms with E-state index in [1.807, 2.05) is 18.7 Å². The average Bonchev–Trinajstić information content (AvgIpc) is 2.56. The van der Waals surface area contributed by atoms with Crippen molar-refractivity contribution in [2.75, 3.05) is 18.4 Å². The normalized spacial score (nSPS) is 25.7. The van der Waals surface area contributed by atoms with E-state index in [4.69, 9.17) is 0 Å². The minimum atomic E-state index is 0.233. The van der Waals surface area contributed by atoms with E-state index < -0.39 is 0 Å². The molecule has 1 atom stereocenters. The third-order valence-electron chi connectivity index (χ3n) is 3.37. The number of aryl methyl sites for hydroxylation is 2. The summed E-state index contributed by atoms with van der Waals surface area (Å²) in [5, 5.41) is 11.4. The van der Waals surface area contributed by atoms with E-state index in [0.717, 1.165) is 24.6 Å². The van der Waals surface area contributed by atoms with Crippen molar-refractivity contribution in [1.82, 2.24) is 15.1 Å². The van der Waals surface area contributed by atoms with Crippen LogP contribution in [0.4, 0.5) is 5.82 Å². The molecule has 0 saturated carbocycles. The first-order valence-electron chi connectivity index (χ1n) is 6.09. The molecule has 0 aliphatic carbocycles. The van der Waals surface area contributed by atoms with Crippen LogP contribution in [0.1, 0.15) is 31.9 Å². The highest BCUT2D eigenvalue weighted by Gasteiger charge is 2.25. The number of aromatic nitrogens is 2. The Bertz CT molecular complexity index is 350. The summed E-state index contributed by atoms with van der Waals surface area (Å²) in [6, 6.07) is 2.09. The van der Waals surface area contributed by atoms with Gasteiger partial charge in [-0.15, -0.1) is 0 Å². The molecular weight excluding hydrogens is 200 g/mol. The Balaban J connectivity index is 1.93. The van der Waals surface area contributed by atoms with Crippen molar-refractivity contribution in [3.8, 4) is 0 Å². The van der Waals surface area contributed by atoms with Gasteiger partial charge in [0.15, 0.2) is 0 Å². The lowest BCUT2D eigenvalue weighted by atomic mass is 9.91. The van der Waals surface area contributed by atoms with Crippen LogP contribution in [0.3, 0.4) is 0 Å². The molecule has 2 N–H and O–H groups in total. The molecule has 2 rings (SSSR count). The summed E-state index contributed by atoms with van der Waals surface area (Å²) in [6.07, 6.45) is 3.88. The first kappa shape index (κ1) is 11.5. The smallest absolute Gasteiger partial charge is 0.124 e. The molecule has 1 aromatic heterocycles. The van der Waals surface area contributed by atoms with E-state index in [0.29, 0.717) is 0 Å². The van der Waals surface area contributed by atoms with Gasteiger partial charge in [0.25, 0.3) is 0 Å². The predicted octanol–water partition coefficient (Wildman–Crippen LogP) is 1.67. The summed E-state index contributed by atoms with van der Waals surface area (Å²) >= 11 is 0. The van der Waals surface area contributed by atoms with Gasteiger partial charge in [0, 0.05) is 25.2 Å². The van der Waals surface area contributed by atoms with Gasteiger partial charge in [-0.05, 0) is 33.2 Å². The molecule has 0 spiro atoms. The fraction of sp³-hybridized carbons (Fsp3) is 0.750. The third kappa shape index (κ3) is 2.55. The van der Waals surface area contributed by atoms with Gasteiger partial charge in [0.05, 0.1) is 5.69 Å². The van der Waals surface area contributed by atoms with Gasteiger partial charge in [0.1, 0.15) is 5.82 Å². The number of anilines is 1. The van der Waals surface area contributed by atoms with E-state index in [9.17, 15) is 0 Å². The summed E-state index contributed by atoms with van der Waals surface area (Å²) in [6.45, 7) is 6.42. The summed E-state index contributed by atoms with van der Waals surface area (Å²) in [5.41, 5.74) is 1.29. The summed E-state index contributed by atoms with van der Waals surface area (Å²) in [7, 11) is 1.98. The fourth-order valence-electron chi connectivity index (χ4n) is 2.33. The van der Waals surface area contributed by atoms with E-state index in [1.165, 1.54) is 19.3 Å². The minimum absolute atomic E-state index is 0.233. The van der Waals surface area contributed by atoms with Crippen molar-refractivity contribution < 1.29 is 0 Å². The topological polar surface area (TPSA) is 41.9 Å². The van der Waals surface area contributed by atoms with Crippen molar-refractivity contribution in [3.05, 3.63) is 11.8 Å². The molecule has 90 valence electrons. The standard InChI is InChI=1S/C12H22N4/c1-10-8-11(16(3)15-10)13-9-12(2)6-4-5-7-14-12/h8,13-14H,4-7,9H2,1-3H3. The fourth-order valence-corrected chi connectivity index (χ4v) is 2.33. The average molecular weight is 222 g/mol. The first-order valence-corrected chi connectivity index (χ1v) is 6.09. The van der Waals surface area contributed by atoms with E-state index in [-0.39, 0.29) is 5.54 Å². The SMILES string of the molecule is Cc1cc(NCC2(C)CCCCN2)n(C)n1. The van der Waals surface area contributed by atoms with Crippen LogP contribution in [-0.4, -0.2) is 28.4 Å². The maximum absolute atomic E-state index is 4.33. The molecule has 1 aromatic rings. The van der Waals surface area contributed by atoms with Crippen molar-refractivity contribution in [2.24, 2.45) is 7.05 Å². The Hall–Kier alpha value is -1.03. The Kier molecular flexibility index (Phi) is 3.19. The molecule has 1 fully saturated rings. The van der Waals surface area contributed by atoms with E-state index >= 15 is 0 Å². The number of rotatable bonds is 3. The zero-order valence-electron chi connectivity index (χ0n) is 10.5. The van der Waals surface area contributed by atoms with Crippen LogP contribution in [0.2, 0.25) is 0 Å². The largest absolute Gasteiger partial charge is 0.368 e. The second-order valence-corrected chi connectivity index (χ2v) is 5.09. The molecule has 4 nitrogen and oxygen atoms in total. The van der Waals surface area contributed by atoms with Crippen LogP contribution < -0.4 is 10.6 Å². The first-order chi connectivity index (χ1) is 7.59. The summed E-state index contributed by atoms with van der Waals surface area (Å²) in [5.74, 6) is 1.10. The van der Waals surface area contributed by atoms with Gasteiger partial charge in [-0.1, -0.05) is 6.42 Å². The number of piperidine rings is 1. The van der Waals surface area contributed by atoms with Crippen LogP contribution in [-0.2, 0) is 7.05 Å². The van der Waals surface area contributed by atoms with Gasteiger partial charge >= 0.3 is 0 Å². The lowest BCUT2D eigenvalue weighted by molar-refractivity contribution is 0.293. The van der Waals surface area contributed by atoms with Gasteiger partial charge in [-0.3, -0.25) is 4.68 Å². The summed E-state index contributed by atoms with van der Waals surface area (Å²) in [4.78, 5) is 0. The zero-order valence-corrected chi connectivity index (χ0v) is 10.5. The van der Waals surface area contributed by atoms with Gasteiger partial charge < -0.3 is 10.6 Å². The Morgan fingerprint density at radius 3 is 2.94 bits per heavy atom. The molecule has 0 bridgehead atoms. The van der Waals surface area contributed by atoms with Crippen molar-refractivity contribution in [2.45, 2.75) is 38.6 Å². The van der Waals surface area contributed by atoms with Crippen LogP contribution in [0.5, 0.6) is 0 Å².